The Kier molecular flexibility index (Phi) is 21.0. The minimum atomic E-state index is -0.0270. The maximum Gasteiger partial charge on any atom is 0.160 e. The van der Waals surface area contributed by atoms with Crippen LogP contribution in [0, 0.1) is 0 Å². The monoisotopic (exact) mass is 1650 g/mol. The van der Waals surface area contributed by atoms with Crippen LogP contribution in [0.5, 0.6) is 0 Å². The molecule has 0 atom stereocenters. The lowest BCUT2D eigenvalue weighted by molar-refractivity contribution is 0.660. The molecule has 23 rings (SSSR count). The van der Waals surface area contributed by atoms with E-state index in [9.17, 15) is 0 Å². The maximum absolute atomic E-state index is 5.06. The van der Waals surface area contributed by atoms with Gasteiger partial charge in [-0.1, -0.05) is 448 Å². The molecule has 20 aromatic rings. The second kappa shape index (κ2) is 33.8. The van der Waals surface area contributed by atoms with Crippen LogP contribution in [0.15, 0.2) is 449 Å². The first-order chi connectivity index (χ1) is 63.2. The predicted molar refractivity (Wildman–Crippen MR) is 535 cm³/mol. The lowest BCUT2D eigenvalue weighted by Crippen LogP contribution is -2.14. The zero-order chi connectivity index (χ0) is 87.2. The number of rotatable bonds is 14. The molecular formula is C123H92N6. The third kappa shape index (κ3) is 15.4. The van der Waals surface area contributed by atoms with Gasteiger partial charge < -0.3 is 0 Å². The van der Waals surface area contributed by atoms with Gasteiger partial charge in [0.25, 0.3) is 0 Å². The molecule has 129 heavy (non-hydrogen) atoms. The number of hydrogen-bond donors (Lipinski definition) is 0. The fourth-order valence-electron chi connectivity index (χ4n) is 19.5. The Morgan fingerprint density at radius 2 is 0.333 bits per heavy atom. The van der Waals surface area contributed by atoms with Gasteiger partial charge in [-0.15, -0.1) is 0 Å². The molecule has 0 amide bonds. The van der Waals surface area contributed by atoms with Crippen LogP contribution in [0.1, 0.15) is 74.9 Å². The van der Waals surface area contributed by atoms with E-state index in [1.54, 1.807) is 0 Å². The third-order valence-electron chi connectivity index (χ3n) is 26.1. The van der Waals surface area contributed by atoms with Gasteiger partial charge in [0, 0.05) is 66.3 Å². The van der Waals surface area contributed by atoms with Crippen molar-refractivity contribution in [2.45, 2.75) is 57.8 Å². The topological polar surface area (TPSA) is 77.3 Å². The second-order valence-electron chi connectivity index (χ2n) is 35.2. The first kappa shape index (κ1) is 80.1. The van der Waals surface area contributed by atoms with E-state index in [-0.39, 0.29) is 16.2 Å². The van der Waals surface area contributed by atoms with Gasteiger partial charge >= 0.3 is 0 Å². The van der Waals surface area contributed by atoms with Gasteiger partial charge in [-0.3, -0.25) is 0 Å². The average molecular weight is 1650 g/mol. The van der Waals surface area contributed by atoms with Crippen LogP contribution in [0.4, 0.5) is 0 Å². The fourth-order valence-corrected chi connectivity index (χ4v) is 19.5. The highest BCUT2D eigenvalue weighted by Gasteiger charge is 2.40. The molecule has 0 unspecified atom stereocenters. The first-order valence-electron chi connectivity index (χ1n) is 44.5. The number of aromatic nitrogens is 6. The summed E-state index contributed by atoms with van der Waals surface area (Å²) in [5, 5.41) is 0. The van der Waals surface area contributed by atoms with Crippen molar-refractivity contribution in [2.24, 2.45) is 0 Å². The first-order valence-corrected chi connectivity index (χ1v) is 44.5. The summed E-state index contributed by atoms with van der Waals surface area (Å²) in [6.45, 7) is 14.0. The molecule has 3 heterocycles. The molecule has 0 bridgehead atoms. The smallest absolute Gasteiger partial charge is 0.160 e. The molecule has 614 valence electrons. The summed E-state index contributed by atoms with van der Waals surface area (Å²) >= 11 is 0. The number of fused-ring (bicyclic) bond motifs is 9. The van der Waals surface area contributed by atoms with Crippen molar-refractivity contribution in [3.8, 4) is 191 Å². The van der Waals surface area contributed by atoms with E-state index in [1.165, 1.54) is 106 Å². The summed E-state index contributed by atoms with van der Waals surface area (Å²) in [7, 11) is 0. The molecule has 6 heteroatoms. The van der Waals surface area contributed by atoms with Crippen LogP contribution in [0.2, 0.25) is 0 Å². The molecule has 0 N–H and O–H groups in total. The highest BCUT2D eigenvalue weighted by molar-refractivity contribution is 5.97. The Bertz CT molecular complexity index is 7420. The van der Waals surface area contributed by atoms with Gasteiger partial charge in [-0.25, -0.2) is 29.9 Å². The zero-order valence-corrected chi connectivity index (χ0v) is 72.9. The van der Waals surface area contributed by atoms with E-state index in [0.717, 1.165) is 113 Å². The third-order valence-corrected chi connectivity index (χ3v) is 26.1. The van der Waals surface area contributed by atoms with Crippen molar-refractivity contribution in [3.63, 3.8) is 0 Å². The summed E-state index contributed by atoms with van der Waals surface area (Å²) in [5.74, 6) is 2.16. The Morgan fingerprint density at radius 3 is 0.667 bits per heavy atom. The summed E-state index contributed by atoms with van der Waals surface area (Å²) in [6, 6.07) is 159. The molecule has 0 saturated heterocycles. The summed E-state index contributed by atoms with van der Waals surface area (Å²) in [6.07, 6.45) is 0. The van der Waals surface area contributed by atoms with E-state index in [0.29, 0.717) is 5.82 Å². The fraction of sp³-hybridized carbons (Fsp3) is 0.0732. The molecule has 3 aromatic heterocycles. The van der Waals surface area contributed by atoms with Crippen LogP contribution in [0.25, 0.3) is 191 Å². The summed E-state index contributed by atoms with van der Waals surface area (Å²) < 4.78 is 0. The van der Waals surface area contributed by atoms with E-state index < -0.39 is 0 Å². The molecule has 17 aromatic carbocycles. The van der Waals surface area contributed by atoms with Crippen LogP contribution in [0.3, 0.4) is 0 Å². The second-order valence-corrected chi connectivity index (χ2v) is 35.2. The predicted octanol–water partition coefficient (Wildman–Crippen LogP) is 31.7. The molecule has 0 fully saturated rings. The van der Waals surface area contributed by atoms with E-state index in [4.69, 9.17) is 29.9 Å². The maximum atomic E-state index is 5.06. The highest BCUT2D eigenvalue weighted by Crippen LogP contribution is 2.56. The van der Waals surface area contributed by atoms with Crippen LogP contribution < -0.4 is 0 Å². The van der Waals surface area contributed by atoms with Crippen molar-refractivity contribution >= 4 is 0 Å². The Balaban J connectivity index is 0.000000118. The van der Waals surface area contributed by atoms with Gasteiger partial charge in [-0.2, -0.15) is 0 Å². The van der Waals surface area contributed by atoms with Crippen LogP contribution >= 0.6 is 0 Å². The largest absolute Gasteiger partial charge is 0.228 e. The average Bonchev–Trinajstić information content (AvgIpc) is 1.58. The van der Waals surface area contributed by atoms with Crippen molar-refractivity contribution in [1.82, 2.24) is 29.9 Å². The molecule has 6 nitrogen and oxygen atoms in total. The SMILES string of the molecule is CC1(C)c2ccccc2-c2c(-c3ccc(-c4cccc(-c5nc(-c6ccccc6)cc(-c6ccccc6)n5)c4)cc3)cccc21.CC1(C)c2ccccc2-c2c(-c3cccc(-c4cc(-c5ccccc5)nc(-c5ccccc5)n4)c3)cccc21.CC1(C)c2ccccc2-c2c(-c3cccc(-c4cccc(-c5nc(-c6ccccc6)cc(-c6ccccc6)n5)c4)c3)cccc21. The molecular weight excluding hydrogens is 1560 g/mol. The molecule has 0 radical (unpaired) electrons. The number of benzene rings is 17. The minimum absolute atomic E-state index is 0.0113. The molecule has 3 aliphatic carbocycles. The number of nitrogens with zero attached hydrogens (tertiary/aromatic N) is 6. The van der Waals surface area contributed by atoms with Gasteiger partial charge in [-0.05, 0) is 165 Å². The van der Waals surface area contributed by atoms with E-state index in [2.05, 4.69) is 418 Å². The van der Waals surface area contributed by atoms with Crippen LogP contribution in [-0.2, 0) is 16.2 Å². The Hall–Kier alpha value is -16.0. The quantitative estimate of drug-likeness (QED) is 0.108. The lowest BCUT2D eigenvalue weighted by atomic mass is 9.82. The Labute approximate surface area is 755 Å². The van der Waals surface area contributed by atoms with Gasteiger partial charge in [0.05, 0.1) is 34.2 Å². The zero-order valence-electron chi connectivity index (χ0n) is 72.9. The molecule has 3 aliphatic rings. The van der Waals surface area contributed by atoms with Crippen molar-refractivity contribution in [3.05, 3.63) is 482 Å². The van der Waals surface area contributed by atoms with E-state index >= 15 is 0 Å². The molecule has 0 aliphatic heterocycles. The lowest BCUT2D eigenvalue weighted by Gasteiger charge is -2.21. The standard InChI is InChI=1S/2C43H32N2.C37H28N2/c1-43(2)37-24-10-9-22-36(37)41-35(23-13-25-38(41)43)33-20-11-18-31(26-33)32-19-12-21-34(27-32)42-44-39(29-14-5-3-6-15-29)28-40(45-42)30-16-7-4-8-17-30;1-43(2)37-21-10-9-19-36(37)41-35(20-12-22-38(41)43)30-25-23-29(24-26-30)33-17-11-18-34(27-33)42-44-39(31-13-5-3-6-14-31)28-40(45-42)32-15-7-4-8-16-32;1-37(2)31-21-10-9-19-30(31)35-29(20-12-22-32(35)37)27-17-11-18-28(23-27)34-24-33(25-13-5-3-6-14-25)38-36(39-34)26-15-7-4-8-16-26/h2*3-28H,1-2H3;3-24H,1-2H3. The van der Waals surface area contributed by atoms with Gasteiger partial charge in [0.2, 0.25) is 0 Å². The molecule has 0 saturated carbocycles. The summed E-state index contributed by atoms with van der Waals surface area (Å²) in [5.41, 5.74) is 43.3. The minimum Gasteiger partial charge on any atom is -0.228 e. The van der Waals surface area contributed by atoms with Crippen molar-refractivity contribution in [1.29, 1.82) is 0 Å². The Morgan fingerprint density at radius 1 is 0.132 bits per heavy atom. The highest BCUT2D eigenvalue weighted by atomic mass is 14.9. The van der Waals surface area contributed by atoms with Crippen LogP contribution in [-0.4, -0.2) is 29.9 Å². The van der Waals surface area contributed by atoms with E-state index in [1.807, 2.05) is 72.8 Å². The number of hydrogen-bond acceptors (Lipinski definition) is 6. The van der Waals surface area contributed by atoms with Crippen molar-refractivity contribution in [2.75, 3.05) is 0 Å². The summed E-state index contributed by atoms with van der Waals surface area (Å²) in [4.78, 5) is 30.2. The normalized spacial score (nSPS) is 12.9. The van der Waals surface area contributed by atoms with Crippen molar-refractivity contribution < 1.29 is 0 Å². The van der Waals surface area contributed by atoms with Gasteiger partial charge in [0.1, 0.15) is 0 Å². The molecule has 0 spiro atoms. The van der Waals surface area contributed by atoms with Gasteiger partial charge in [0.15, 0.2) is 17.5 Å².